The van der Waals surface area contributed by atoms with Gasteiger partial charge in [-0.05, 0) is 6.92 Å². The van der Waals surface area contributed by atoms with Crippen LogP contribution in [0, 0.1) is 0 Å². The summed E-state index contributed by atoms with van der Waals surface area (Å²) < 4.78 is 10.0. The Balaban J connectivity index is 2.72. The molecule has 1 heterocycles. The zero-order valence-electron chi connectivity index (χ0n) is 8.89. The van der Waals surface area contributed by atoms with Gasteiger partial charge in [0.25, 0.3) is 0 Å². The van der Waals surface area contributed by atoms with Crippen LogP contribution in [0.5, 0.6) is 0 Å². The summed E-state index contributed by atoms with van der Waals surface area (Å²) in [5, 5.41) is 28.1. The molecule has 1 unspecified atom stereocenters. The second-order valence-corrected chi connectivity index (χ2v) is 3.76. The van der Waals surface area contributed by atoms with Crippen molar-refractivity contribution in [3.8, 4) is 0 Å². The van der Waals surface area contributed by atoms with E-state index in [4.69, 9.17) is 20.3 Å². The molecule has 1 aliphatic heterocycles. The maximum absolute atomic E-state index is 10.4. The smallest absolute Gasteiger partial charge is 0.173 e. The molecule has 0 saturated carbocycles. The van der Waals surface area contributed by atoms with E-state index in [2.05, 4.69) is 0 Å². The lowest BCUT2D eigenvalue weighted by atomic mass is 9.97. The molecule has 0 amide bonds. The Labute approximate surface area is 92.8 Å². The summed E-state index contributed by atoms with van der Waals surface area (Å²) in [7, 11) is 0. The molecule has 1 saturated heterocycles. The highest BCUT2D eigenvalue weighted by atomic mass is 16.6. The van der Waals surface area contributed by atoms with Crippen molar-refractivity contribution in [3.05, 3.63) is 0 Å². The summed E-state index contributed by atoms with van der Waals surface area (Å²) in [6.07, 6.45) is -4.67. The number of aliphatic hydroxyl groups is 3. The number of nitrogens with two attached hydrogens (primary N) is 1. The van der Waals surface area contributed by atoms with Crippen LogP contribution in [0.2, 0.25) is 0 Å². The molecule has 0 spiro atoms. The molecule has 16 heavy (non-hydrogen) atoms. The lowest BCUT2D eigenvalue weighted by Gasteiger charge is -2.41. The third-order valence-electron chi connectivity index (χ3n) is 2.48. The number of aldehydes is 1. The van der Waals surface area contributed by atoms with Gasteiger partial charge in [0, 0.05) is 0 Å². The lowest BCUT2D eigenvalue weighted by Crippen LogP contribution is -2.63. The molecule has 1 aliphatic rings. The molecule has 0 aromatic carbocycles. The highest BCUT2D eigenvalue weighted by Crippen LogP contribution is 2.21. The van der Waals surface area contributed by atoms with Crippen molar-refractivity contribution >= 4 is 6.29 Å². The Bertz CT molecular complexity index is 238. The van der Waals surface area contributed by atoms with Crippen LogP contribution in [-0.2, 0) is 14.3 Å². The normalized spacial score (nSPS) is 41.7. The molecule has 5 N–H and O–H groups in total. The van der Waals surface area contributed by atoms with Gasteiger partial charge in [-0.1, -0.05) is 0 Å². The molecule has 0 aliphatic carbocycles. The average Bonchev–Trinajstić information content (AvgIpc) is 2.28. The molecule has 0 aromatic heterocycles. The summed E-state index contributed by atoms with van der Waals surface area (Å²) in [6.45, 7) is 1.02. The van der Waals surface area contributed by atoms with Gasteiger partial charge in [0.05, 0.1) is 12.6 Å². The molecule has 1 rings (SSSR count). The van der Waals surface area contributed by atoms with E-state index in [1.807, 2.05) is 0 Å². The summed E-state index contributed by atoms with van der Waals surface area (Å²) in [5.74, 6) is 0. The molecule has 94 valence electrons. The number of hydrogen-bond donors (Lipinski definition) is 4. The number of hydrogen-bond acceptors (Lipinski definition) is 7. The van der Waals surface area contributed by atoms with Crippen molar-refractivity contribution in [2.24, 2.45) is 5.73 Å². The zero-order valence-corrected chi connectivity index (χ0v) is 8.89. The highest BCUT2D eigenvalue weighted by molar-refractivity contribution is 5.55. The fraction of sp³-hybridized carbons (Fsp3) is 0.889. The van der Waals surface area contributed by atoms with Gasteiger partial charge in [-0.2, -0.15) is 0 Å². The summed E-state index contributed by atoms with van der Waals surface area (Å²) in [6, 6.07) is -0.972. The quantitative estimate of drug-likeness (QED) is 0.393. The SMILES string of the molecule is CC(C=O)O[C@@H]1[C@@H](N)[C@@H](O)O[C@H](CO)[C@H]1O. The van der Waals surface area contributed by atoms with Crippen LogP contribution in [0.3, 0.4) is 0 Å². The van der Waals surface area contributed by atoms with Crippen molar-refractivity contribution in [2.45, 2.75) is 43.7 Å². The van der Waals surface area contributed by atoms with Gasteiger partial charge >= 0.3 is 0 Å². The van der Waals surface area contributed by atoms with E-state index in [1.54, 1.807) is 0 Å². The third kappa shape index (κ3) is 2.76. The molecule has 7 heteroatoms. The molecule has 0 aromatic rings. The van der Waals surface area contributed by atoms with Crippen molar-refractivity contribution in [1.82, 2.24) is 0 Å². The van der Waals surface area contributed by atoms with Gasteiger partial charge in [-0.15, -0.1) is 0 Å². The number of aliphatic hydroxyl groups excluding tert-OH is 3. The molecular formula is C9H17NO6. The topological polar surface area (TPSA) is 122 Å². The Morgan fingerprint density at radius 1 is 1.56 bits per heavy atom. The van der Waals surface area contributed by atoms with Crippen LogP contribution >= 0.6 is 0 Å². The number of carbonyl (C=O) groups excluding carboxylic acids is 1. The first kappa shape index (κ1) is 13.5. The standard InChI is InChI=1S/C9H17NO6/c1-4(2-11)15-8-6(10)9(14)16-5(3-12)7(8)13/h2,4-9,12-14H,3,10H2,1H3/t4?,5-,6-,7-,8-,9+/m1/s1. The van der Waals surface area contributed by atoms with Gasteiger partial charge in [-0.3, -0.25) is 0 Å². The average molecular weight is 235 g/mol. The van der Waals surface area contributed by atoms with Crippen LogP contribution in [0.15, 0.2) is 0 Å². The minimum atomic E-state index is -1.34. The minimum absolute atomic E-state index is 0.472. The molecule has 7 nitrogen and oxygen atoms in total. The van der Waals surface area contributed by atoms with E-state index in [-0.39, 0.29) is 0 Å². The van der Waals surface area contributed by atoms with E-state index < -0.39 is 43.4 Å². The molecule has 1 fully saturated rings. The first-order chi connectivity index (χ1) is 7.51. The van der Waals surface area contributed by atoms with Gasteiger partial charge < -0.3 is 35.3 Å². The van der Waals surface area contributed by atoms with Crippen LogP contribution in [-0.4, -0.2) is 65.0 Å². The fourth-order valence-corrected chi connectivity index (χ4v) is 1.55. The van der Waals surface area contributed by atoms with Gasteiger partial charge in [0.2, 0.25) is 0 Å². The van der Waals surface area contributed by atoms with Crippen molar-refractivity contribution < 1.29 is 29.6 Å². The Morgan fingerprint density at radius 2 is 2.19 bits per heavy atom. The Kier molecular flexibility index (Phi) is 4.78. The van der Waals surface area contributed by atoms with Crippen LogP contribution in [0.1, 0.15) is 6.92 Å². The first-order valence-electron chi connectivity index (χ1n) is 5.00. The highest BCUT2D eigenvalue weighted by Gasteiger charge is 2.43. The van der Waals surface area contributed by atoms with Gasteiger partial charge in [0.15, 0.2) is 6.29 Å². The first-order valence-corrected chi connectivity index (χ1v) is 5.00. The summed E-state index contributed by atoms with van der Waals surface area (Å²) >= 11 is 0. The summed E-state index contributed by atoms with van der Waals surface area (Å²) in [5.41, 5.74) is 5.58. The summed E-state index contributed by atoms with van der Waals surface area (Å²) in [4.78, 5) is 10.4. The number of rotatable bonds is 4. The second kappa shape index (κ2) is 5.67. The third-order valence-corrected chi connectivity index (χ3v) is 2.48. The van der Waals surface area contributed by atoms with Crippen molar-refractivity contribution in [3.63, 3.8) is 0 Å². The van der Waals surface area contributed by atoms with Crippen molar-refractivity contribution in [1.29, 1.82) is 0 Å². The number of ether oxygens (including phenoxy) is 2. The van der Waals surface area contributed by atoms with E-state index in [9.17, 15) is 15.0 Å². The molecule has 0 bridgehead atoms. The predicted molar refractivity (Wildman–Crippen MR) is 52.3 cm³/mol. The van der Waals surface area contributed by atoms with Crippen molar-refractivity contribution in [2.75, 3.05) is 6.61 Å². The molecular weight excluding hydrogens is 218 g/mol. The van der Waals surface area contributed by atoms with Crippen LogP contribution < -0.4 is 5.73 Å². The van der Waals surface area contributed by atoms with E-state index >= 15 is 0 Å². The maximum atomic E-state index is 10.4. The monoisotopic (exact) mass is 235 g/mol. The van der Waals surface area contributed by atoms with Crippen LogP contribution in [0.25, 0.3) is 0 Å². The molecule has 6 atom stereocenters. The minimum Gasteiger partial charge on any atom is -0.394 e. The molecule has 0 radical (unpaired) electrons. The Morgan fingerprint density at radius 3 is 2.69 bits per heavy atom. The van der Waals surface area contributed by atoms with Crippen LogP contribution in [0.4, 0.5) is 0 Å². The largest absolute Gasteiger partial charge is 0.394 e. The van der Waals surface area contributed by atoms with E-state index in [1.165, 1.54) is 6.92 Å². The zero-order chi connectivity index (χ0) is 12.3. The number of carbonyl (C=O) groups is 1. The lowest BCUT2D eigenvalue weighted by molar-refractivity contribution is -0.260. The predicted octanol–water partition coefficient (Wildman–Crippen LogP) is -2.64. The Hall–Kier alpha value is -0.570. The fourth-order valence-electron chi connectivity index (χ4n) is 1.55. The maximum Gasteiger partial charge on any atom is 0.173 e. The van der Waals surface area contributed by atoms with E-state index in [0.717, 1.165) is 0 Å². The van der Waals surface area contributed by atoms with Gasteiger partial charge in [0.1, 0.15) is 30.7 Å². The van der Waals surface area contributed by atoms with Gasteiger partial charge in [-0.25, -0.2) is 0 Å². The second-order valence-electron chi connectivity index (χ2n) is 3.76. The van der Waals surface area contributed by atoms with E-state index in [0.29, 0.717) is 6.29 Å².